The molecule has 0 aliphatic carbocycles. The summed E-state index contributed by atoms with van der Waals surface area (Å²) in [6, 6.07) is 20.2. The van der Waals surface area contributed by atoms with Crippen LogP contribution < -0.4 is 9.80 Å². The molecule has 1 N–H and O–H groups in total. The van der Waals surface area contributed by atoms with Gasteiger partial charge < -0.3 is 19.8 Å². The second-order valence-corrected chi connectivity index (χ2v) is 11.3. The molecular weight excluding hydrogens is 498 g/mol. The highest BCUT2D eigenvalue weighted by Crippen LogP contribution is 2.30. The molecule has 2 fully saturated rings. The smallest absolute Gasteiger partial charge is 0.254 e. The van der Waals surface area contributed by atoms with Crippen molar-refractivity contribution in [3.8, 4) is 6.07 Å². The Morgan fingerprint density at radius 1 is 1.00 bits per heavy atom. The van der Waals surface area contributed by atoms with Gasteiger partial charge in [0.2, 0.25) is 0 Å². The predicted molar refractivity (Wildman–Crippen MR) is 159 cm³/mol. The van der Waals surface area contributed by atoms with Crippen LogP contribution in [0.25, 0.3) is 0 Å². The van der Waals surface area contributed by atoms with Gasteiger partial charge in [0.25, 0.3) is 5.91 Å². The van der Waals surface area contributed by atoms with Crippen LogP contribution in [0.3, 0.4) is 0 Å². The number of nitriles is 1. The van der Waals surface area contributed by atoms with Gasteiger partial charge in [-0.1, -0.05) is 24.3 Å². The first kappa shape index (κ1) is 27.7. The molecule has 0 radical (unpaired) electrons. The summed E-state index contributed by atoms with van der Waals surface area (Å²) < 4.78 is 0. The molecule has 0 spiro atoms. The second-order valence-electron chi connectivity index (χ2n) is 11.3. The monoisotopic (exact) mass is 537 g/mol. The third-order valence-electron chi connectivity index (χ3n) is 8.55. The average molecular weight is 538 g/mol. The Hall–Kier alpha value is -3.89. The van der Waals surface area contributed by atoms with Crippen LogP contribution in [0.15, 0.2) is 54.6 Å². The van der Waals surface area contributed by atoms with E-state index in [9.17, 15) is 15.2 Å². The van der Waals surface area contributed by atoms with Gasteiger partial charge in [0, 0.05) is 44.0 Å². The molecule has 5 rings (SSSR count). The highest BCUT2D eigenvalue weighted by atomic mass is 16.3. The van der Waals surface area contributed by atoms with E-state index in [1.807, 2.05) is 61.2 Å². The number of aryl methyl sites for hydroxylation is 3. The molecule has 7 nitrogen and oxygen atoms in total. The van der Waals surface area contributed by atoms with E-state index in [2.05, 4.69) is 39.9 Å². The van der Waals surface area contributed by atoms with Crippen molar-refractivity contribution < 1.29 is 9.90 Å². The predicted octanol–water partition coefficient (Wildman–Crippen LogP) is 4.66. The van der Waals surface area contributed by atoms with Crippen LogP contribution in [0, 0.1) is 38.0 Å². The number of aliphatic hydroxyl groups excluding tert-OH is 1. The molecule has 2 aliphatic rings. The Balaban J connectivity index is 1.26. The van der Waals surface area contributed by atoms with Gasteiger partial charge in [0.05, 0.1) is 23.9 Å². The van der Waals surface area contributed by atoms with Crippen LogP contribution in [0.5, 0.6) is 0 Å². The van der Waals surface area contributed by atoms with E-state index >= 15 is 0 Å². The summed E-state index contributed by atoms with van der Waals surface area (Å²) in [5.41, 5.74) is 6.94. The number of hydrogen-bond donors (Lipinski definition) is 1. The Morgan fingerprint density at radius 3 is 2.50 bits per heavy atom. The molecule has 40 heavy (non-hydrogen) atoms. The van der Waals surface area contributed by atoms with Gasteiger partial charge in [-0.05, 0) is 93.0 Å². The fourth-order valence-electron chi connectivity index (χ4n) is 6.24. The number of carbonyl (C=O) groups excluding carboxylic acids is 1. The second kappa shape index (κ2) is 12.1. The summed E-state index contributed by atoms with van der Waals surface area (Å²) in [4.78, 5) is 24.7. The fourth-order valence-corrected chi connectivity index (χ4v) is 6.24. The minimum atomic E-state index is -0.187. The third-order valence-corrected chi connectivity index (χ3v) is 8.55. The number of pyridine rings is 1. The number of para-hydroxylation sites is 1. The van der Waals surface area contributed by atoms with Crippen LogP contribution in [-0.4, -0.2) is 66.3 Å². The molecule has 1 atom stereocenters. The Bertz CT molecular complexity index is 1410. The number of nitrogens with zero attached hydrogens (tertiary/aromatic N) is 5. The van der Waals surface area contributed by atoms with E-state index < -0.39 is 0 Å². The quantitative estimate of drug-likeness (QED) is 0.492. The molecule has 0 unspecified atom stereocenters. The molecule has 208 valence electrons. The van der Waals surface area contributed by atoms with E-state index in [1.165, 1.54) is 11.1 Å². The van der Waals surface area contributed by atoms with Gasteiger partial charge in [-0.15, -0.1) is 0 Å². The highest BCUT2D eigenvalue weighted by Gasteiger charge is 2.31. The van der Waals surface area contributed by atoms with E-state index in [-0.39, 0.29) is 18.6 Å². The Kier molecular flexibility index (Phi) is 8.37. The zero-order valence-electron chi connectivity index (χ0n) is 23.8. The SMILES string of the molecule is Cc1cccc(N2CCN(C(=O)c3cc(CC4CCN(c5ccccc5C#N)CC4)c(C)cc3C)C[C@@H]2CO)n1. The first-order valence-corrected chi connectivity index (χ1v) is 14.3. The number of benzene rings is 2. The van der Waals surface area contributed by atoms with E-state index in [4.69, 9.17) is 0 Å². The molecule has 0 saturated carbocycles. The maximum atomic E-state index is 13.8. The lowest BCUT2D eigenvalue weighted by Gasteiger charge is -2.41. The van der Waals surface area contributed by atoms with Crippen LogP contribution in [0.2, 0.25) is 0 Å². The molecule has 1 aromatic heterocycles. The van der Waals surface area contributed by atoms with Gasteiger partial charge in [-0.3, -0.25) is 4.79 Å². The number of rotatable bonds is 6. The lowest BCUT2D eigenvalue weighted by atomic mass is 9.86. The molecular formula is C33H39N5O2. The van der Waals surface area contributed by atoms with Crippen molar-refractivity contribution in [3.63, 3.8) is 0 Å². The summed E-state index contributed by atoms with van der Waals surface area (Å²) in [6.45, 7) is 9.66. The first-order valence-electron chi connectivity index (χ1n) is 14.3. The van der Waals surface area contributed by atoms with Crippen molar-refractivity contribution >= 4 is 17.4 Å². The van der Waals surface area contributed by atoms with Crippen molar-refractivity contribution in [2.45, 2.75) is 46.1 Å². The standard InChI is InChI=1S/C33H39N5O2/c1-23-17-24(2)30(33(40)37-15-16-38(29(21-37)22-39)32-10-6-7-25(3)35-32)19-28(23)18-26-11-13-36(14-12-26)31-9-5-4-8-27(31)20-34/h4-10,17,19,26,29,39H,11-16,18,21-22H2,1-3H3/t29-/m1/s1. The van der Waals surface area contributed by atoms with Crippen molar-refractivity contribution in [1.29, 1.82) is 5.26 Å². The molecule has 0 bridgehead atoms. The lowest BCUT2D eigenvalue weighted by molar-refractivity contribution is 0.0698. The van der Waals surface area contributed by atoms with E-state index in [1.54, 1.807) is 0 Å². The van der Waals surface area contributed by atoms with Crippen molar-refractivity contribution in [2.24, 2.45) is 5.92 Å². The van der Waals surface area contributed by atoms with E-state index in [0.717, 1.165) is 66.2 Å². The highest BCUT2D eigenvalue weighted by molar-refractivity contribution is 5.96. The average Bonchev–Trinajstić information content (AvgIpc) is 2.98. The van der Waals surface area contributed by atoms with Gasteiger partial charge in [-0.2, -0.15) is 5.26 Å². The van der Waals surface area contributed by atoms with Gasteiger partial charge in [0.1, 0.15) is 11.9 Å². The number of aromatic nitrogens is 1. The number of amides is 1. The number of anilines is 2. The minimum Gasteiger partial charge on any atom is -0.394 e. The van der Waals surface area contributed by atoms with Crippen molar-refractivity contribution in [2.75, 3.05) is 49.1 Å². The number of carbonyl (C=O) groups is 1. The molecule has 1 amide bonds. The maximum Gasteiger partial charge on any atom is 0.254 e. The van der Waals surface area contributed by atoms with Crippen LogP contribution in [0.4, 0.5) is 11.5 Å². The van der Waals surface area contributed by atoms with Gasteiger partial charge >= 0.3 is 0 Å². The molecule has 3 aromatic rings. The topological polar surface area (TPSA) is 83.7 Å². The maximum absolute atomic E-state index is 13.8. The number of aliphatic hydroxyl groups is 1. The number of piperazine rings is 1. The Morgan fingerprint density at radius 2 is 1.77 bits per heavy atom. The van der Waals surface area contributed by atoms with Gasteiger partial charge in [-0.25, -0.2) is 4.98 Å². The van der Waals surface area contributed by atoms with Crippen LogP contribution >= 0.6 is 0 Å². The number of hydrogen-bond acceptors (Lipinski definition) is 6. The minimum absolute atomic E-state index is 0.0327. The molecule has 7 heteroatoms. The summed E-state index contributed by atoms with van der Waals surface area (Å²) in [5.74, 6) is 1.43. The summed E-state index contributed by atoms with van der Waals surface area (Å²) in [5, 5.41) is 19.7. The third kappa shape index (κ3) is 5.83. The zero-order chi connectivity index (χ0) is 28.2. The summed E-state index contributed by atoms with van der Waals surface area (Å²) >= 11 is 0. The van der Waals surface area contributed by atoms with Crippen LogP contribution in [0.1, 0.15) is 51.1 Å². The normalized spacial score (nSPS) is 18.1. The van der Waals surface area contributed by atoms with Crippen molar-refractivity contribution in [1.82, 2.24) is 9.88 Å². The molecule has 2 aromatic carbocycles. The first-order chi connectivity index (χ1) is 19.4. The van der Waals surface area contributed by atoms with E-state index in [0.29, 0.717) is 25.6 Å². The molecule has 2 aliphatic heterocycles. The van der Waals surface area contributed by atoms with Crippen molar-refractivity contribution in [3.05, 3.63) is 88.1 Å². The van der Waals surface area contributed by atoms with Gasteiger partial charge in [0.15, 0.2) is 0 Å². The number of piperidine rings is 1. The van der Waals surface area contributed by atoms with Crippen LogP contribution in [-0.2, 0) is 6.42 Å². The summed E-state index contributed by atoms with van der Waals surface area (Å²) in [7, 11) is 0. The molecule has 2 saturated heterocycles. The molecule has 3 heterocycles. The lowest BCUT2D eigenvalue weighted by Crippen LogP contribution is -2.56. The zero-order valence-corrected chi connectivity index (χ0v) is 23.8. The summed E-state index contributed by atoms with van der Waals surface area (Å²) in [6.07, 6.45) is 3.07. The fraction of sp³-hybridized carbons (Fsp3) is 0.424. The Labute approximate surface area is 237 Å². The largest absolute Gasteiger partial charge is 0.394 e.